The minimum absolute atomic E-state index is 0.102. The van der Waals surface area contributed by atoms with Gasteiger partial charge in [-0.15, -0.1) is 0 Å². The van der Waals surface area contributed by atoms with Crippen LogP contribution >= 0.6 is 15.9 Å². The second-order valence-electron chi connectivity index (χ2n) is 1.79. The normalized spacial score (nSPS) is 10.4. The second-order valence-corrected chi connectivity index (χ2v) is 3.58. The van der Waals surface area contributed by atoms with Gasteiger partial charge >= 0.3 is 0 Å². The van der Waals surface area contributed by atoms with Crippen LogP contribution < -0.4 is 0 Å². The molecular weight excluding hydrogens is 232 g/mol. The lowest BCUT2D eigenvalue weighted by Crippen LogP contribution is -1.94. The molecule has 0 fully saturated rings. The first-order valence-corrected chi connectivity index (χ1v) is 4.93. The van der Waals surface area contributed by atoms with Crippen LogP contribution in [0.5, 0.6) is 0 Å². The Balaban J connectivity index is 2.87. The Morgan fingerprint density at radius 1 is 1.55 bits per heavy atom. The van der Waals surface area contributed by atoms with Crippen molar-refractivity contribution < 1.29 is 8.42 Å². The van der Waals surface area contributed by atoms with Gasteiger partial charge in [0.05, 0.1) is 0 Å². The highest BCUT2D eigenvalue weighted by Gasteiger charge is 1.97. The molecule has 4 nitrogen and oxygen atoms in total. The summed E-state index contributed by atoms with van der Waals surface area (Å²) in [4.78, 5) is 7.59. The van der Waals surface area contributed by atoms with Crippen LogP contribution in [0.4, 0.5) is 0 Å². The van der Waals surface area contributed by atoms with Gasteiger partial charge in [0, 0.05) is 6.20 Å². The summed E-state index contributed by atoms with van der Waals surface area (Å²) in [6.07, 6.45) is 1.51. The van der Waals surface area contributed by atoms with E-state index in [9.17, 15) is 8.42 Å². The van der Waals surface area contributed by atoms with Crippen LogP contribution in [0.1, 0.15) is 5.82 Å². The van der Waals surface area contributed by atoms with Crippen molar-refractivity contribution >= 4 is 26.6 Å². The molecule has 1 rings (SSSR count). The molecule has 0 saturated heterocycles. The molecular formula is C5H5BrN2O2S. The van der Waals surface area contributed by atoms with Gasteiger partial charge in [-0.2, -0.15) is 0 Å². The molecule has 0 aliphatic carbocycles. The highest BCUT2D eigenvalue weighted by atomic mass is 79.9. The van der Waals surface area contributed by atoms with Crippen LogP contribution in [0.15, 0.2) is 16.9 Å². The van der Waals surface area contributed by atoms with Gasteiger partial charge in [-0.3, -0.25) is 0 Å². The van der Waals surface area contributed by atoms with Gasteiger partial charge < -0.3 is 0 Å². The maximum absolute atomic E-state index is 10.2. The molecule has 0 amide bonds. The molecule has 1 aromatic heterocycles. The van der Waals surface area contributed by atoms with Crippen molar-refractivity contribution in [2.75, 3.05) is 0 Å². The highest BCUT2D eigenvalue weighted by molar-refractivity contribution is 9.10. The van der Waals surface area contributed by atoms with E-state index in [0.29, 0.717) is 10.4 Å². The molecule has 0 aromatic carbocycles. The fraction of sp³-hybridized carbons (Fsp3) is 0.200. The molecule has 6 heteroatoms. The van der Waals surface area contributed by atoms with Gasteiger partial charge in [-0.05, 0) is 22.0 Å². The van der Waals surface area contributed by atoms with Crippen molar-refractivity contribution in [3.63, 3.8) is 0 Å². The lowest BCUT2D eigenvalue weighted by molar-refractivity contribution is 0.612. The Morgan fingerprint density at radius 2 is 2.27 bits per heavy atom. The van der Waals surface area contributed by atoms with Gasteiger partial charge in [0.1, 0.15) is 26.9 Å². The summed E-state index contributed by atoms with van der Waals surface area (Å²) in [6, 6.07) is 1.64. The lowest BCUT2D eigenvalue weighted by atomic mass is 10.6. The van der Waals surface area contributed by atoms with Crippen molar-refractivity contribution in [3.05, 3.63) is 22.7 Å². The monoisotopic (exact) mass is 236 g/mol. The van der Waals surface area contributed by atoms with Gasteiger partial charge in [-0.25, -0.2) is 18.4 Å². The molecule has 1 heterocycles. The molecule has 0 atom stereocenters. The average molecular weight is 237 g/mol. The van der Waals surface area contributed by atoms with Crippen LogP contribution in [-0.2, 0) is 16.5 Å². The van der Waals surface area contributed by atoms with Gasteiger partial charge in [0.15, 0.2) is 0 Å². The number of rotatable bonds is 2. The van der Waals surface area contributed by atoms with E-state index in [1.807, 2.05) is 0 Å². The van der Waals surface area contributed by atoms with E-state index < -0.39 is 10.7 Å². The molecule has 0 radical (unpaired) electrons. The first-order valence-electron chi connectivity index (χ1n) is 2.77. The van der Waals surface area contributed by atoms with Crippen molar-refractivity contribution in [1.82, 2.24) is 9.97 Å². The Kier molecular flexibility index (Phi) is 2.95. The fourth-order valence-corrected chi connectivity index (χ4v) is 1.27. The van der Waals surface area contributed by atoms with Crippen LogP contribution in [0.3, 0.4) is 0 Å². The molecule has 0 unspecified atom stereocenters. The number of hydrogen-bond acceptors (Lipinski definition) is 4. The zero-order valence-corrected chi connectivity index (χ0v) is 7.88. The topological polar surface area (TPSA) is 59.9 Å². The smallest absolute Gasteiger partial charge is 0.147 e. The maximum atomic E-state index is 10.2. The summed E-state index contributed by atoms with van der Waals surface area (Å²) in [5.74, 6) is 0.213. The summed E-state index contributed by atoms with van der Waals surface area (Å²) >= 11 is 3.10. The Hall–Kier alpha value is -0.490. The third kappa shape index (κ3) is 2.94. The molecule has 0 aliphatic rings. The number of hydrogen-bond donors (Lipinski definition) is 1. The summed E-state index contributed by atoms with van der Waals surface area (Å²) in [5, 5.41) is 0. The van der Waals surface area contributed by atoms with E-state index >= 15 is 0 Å². The zero-order chi connectivity index (χ0) is 8.27. The van der Waals surface area contributed by atoms with Crippen LogP contribution in [0, 0.1) is 0 Å². The maximum Gasteiger partial charge on any atom is 0.147 e. The van der Waals surface area contributed by atoms with Crippen molar-refractivity contribution in [3.8, 4) is 0 Å². The molecule has 60 valence electrons. The third-order valence-electron chi connectivity index (χ3n) is 0.942. The summed E-state index contributed by atoms with van der Waals surface area (Å²) in [6.45, 7) is 0. The predicted molar refractivity (Wildman–Crippen MR) is 43.8 cm³/mol. The Morgan fingerprint density at radius 3 is 2.82 bits per heavy atom. The van der Waals surface area contributed by atoms with E-state index in [4.69, 9.17) is 0 Å². The number of aromatic nitrogens is 2. The molecule has 0 spiro atoms. The van der Waals surface area contributed by atoms with Crippen molar-refractivity contribution in [2.45, 2.75) is 5.75 Å². The summed E-state index contributed by atoms with van der Waals surface area (Å²) in [7, 11) is -2.43. The standard InChI is InChI=1S/C5H5BrN2O2S/c6-4-1-2-7-5(8-4)3-11(9)10/h1-2,11H,3H2. The molecule has 1 aromatic rings. The SMILES string of the molecule is O=[SH](=O)Cc1nccc(Br)n1. The van der Waals surface area contributed by atoms with Crippen molar-refractivity contribution in [1.29, 1.82) is 0 Å². The Bertz CT molecular complexity index is 318. The minimum atomic E-state index is -2.43. The average Bonchev–Trinajstić information content (AvgIpc) is 1.85. The van der Waals surface area contributed by atoms with E-state index in [1.165, 1.54) is 6.20 Å². The summed E-state index contributed by atoms with van der Waals surface area (Å²) < 4.78 is 21.0. The second kappa shape index (κ2) is 3.77. The van der Waals surface area contributed by atoms with E-state index in [0.717, 1.165) is 0 Å². The molecule has 0 saturated carbocycles. The van der Waals surface area contributed by atoms with Gasteiger partial charge in [0.2, 0.25) is 0 Å². The number of halogens is 1. The van der Waals surface area contributed by atoms with Gasteiger partial charge in [0.25, 0.3) is 0 Å². The largest absolute Gasteiger partial charge is 0.240 e. The van der Waals surface area contributed by atoms with E-state index in [-0.39, 0.29) is 5.75 Å². The Labute approximate surface area is 73.8 Å². The molecule has 11 heavy (non-hydrogen) atoms. The minimum Gasteiger partial charge on any atom is -0.240 e. The highest BCUT2D eigenvalue weighted by Crippen LogP contribution is 2.03. The predicted octanol–water partition coefficient (Wildman–Crippen LogP) is 0.351. The lowest BCUT2D eigenvalue weighted by Gasteiger charge is -1.92. The first kappa shape index (κ1) is 8.61. The molecule has 0 bridgehead atoms. The van der Waals surface area contributed by atoms with Gasteiger partial charge in [-0.1, -0.05) is 0 Å². The van der Waals surface area contributed by atoms with Crippen LogP contribution in [-0.4, -0.2) is 18.4 Å². The van der Waals surface area contributed by atoms with Crippen LogP contribution in [0.25, 0.3) is 0 Å². The van der Waals surface area contributed by atoms with E-state index in [1.54, 1.807) is 6.07 Å². The quantitative estimate of drug-likeness (QED) is 0.595. The summed E-state index contributed by atoms with van der Waals surface area (Å²) in [5.41, 5.74) is 0. The molecule has 0 N–H and O–H groups in total. The number of thiol groups is 1. The van der Waals surface area contributed by atoms with Crippen molar-refractivity contribution in [2.24, 2.45) is 0 Å². The zero-order valence-electron chi connectivity index (χ0n) is 5.40. The number of nitrogens with zero attached hydrogens (tertiary/aromatic N) is 2. The first-order chi connectivity index (χ1) is 5.18. The molecule has 0 aliphatic heterocycles. The third-order valence-corrected chi connectivity index (χ3v) is 1.92. The fourth-order valence-electron chi connectivity index (χ4n) is 0.566. The van der Waals surface area contributed by atoms with Crippen LogP contribution in [0.2, 0.25) is 0 Å². The van der Waals surface area contributed by atoms with E-state index in [2.05, 4.69) is 25.9 Å².